The molecule has 0 aromatic heterocycles. The van der Waals surface area contributed by atoms with Crippen LogP contribution < -0.4 is 15.4 Å². The molecule has 0 spiro atoms. The van der Waals surface area contributed by atoms with Crippen LogP contribution in [0.2, 0.25) is 5.02 Å². The van der Waals surface area contributed by atoms with Crippen molar-refractivity contribution in [2.24, 2.45) is 5.73 Å². The molecule has 0 unspecified atom stereocenters. The summed E-state index contributed by atoms with van der Waals surface area (Å²) in [5.41, 5.74) is 8.93. The lowest BCUT2D eigenvalue weighted by atomic mass is 10.1. The van der Waals surface area contributed by atoms with Crippen molar-refractivity contribution in [3.63, 3.8) is 0 Å². The summed E-state index contributed by atoms with van der Waals surface area (Å²) in [4.78, 5) is 2.13. The van der Waals surface area contributed by atoms with Crippen LogP contribution in [0.1, 0.15) is 11.1 Å². The molecular formula is C17H21ClN2O. The van der Waals surface area contributed by atoms with Gasteiger partial charge in [0.05, 0.1) is 17.8 Å². The zero-order chi connectivity index (χ0) is 15.2. The first kappa shape index (κ1) is 15.7. The number of rotatable bonds is 6. The van der Waals surface area contributed by atoms with Crippen molar-refractivity contribution in [2.75, 3.05) is 25.6 Å². The van der Waals surface area contributed by atoms with Crippen molar-refractivity contribution in [3.8, 4) is 5.75 Å². The summed E-state index contributed by atoms with van der Waals surface area (Å²) in [6.45, 7) is 1.41. The number of benzene rings is 2. The summed E-state index contributed by atoms with van der Waals surface area (Å²) in [5.74, 6) is 0.866. The third kappa shape index (κ3) is 4.13. The van der Waals surface area contributed by atoms with Gasteiger partial charge >= 0.3 is 0 Å². The number of halogens is 1. The largest absolute Gasteiger partial charge is 0.497 e. The van der Waals surface area contributed by atoms with E-state index >= 15 is 0 Å². The van der Waals surface area contributed by atoms with Crippen LogP contribution in [0, 0.1) is 0 Å². The first-order chi connectivity index (χ1) is 10.1. The monoisotopic (exact) mass is 304 g/mol. The molecule has 0 aliphatic carbocycles. The zero-order valence-electron chi connectivity index (χ0n) is 12.5. The second kappa shape index (κ2) is 7.34. The molecule has 112 valence electrons. The molecule has 0 atom stereocenters. The molecule has 0 aliphatic rings. The Labute approximate surface area is 131 Å². The quantitative estimate of drug-likeness (QED) is 0.888. The molecule has 0 radical (unpaired) electrons. The van der Waals surface area contributed by atoms with Crippen molar-refractivity contribution in [1.29, 1.82) is 0 Å². The number of nitrogens with two attached hydrogens (primary N) is 1. The maximum absolute atomic E-state index is 6.38. The molecule has 0 bridgehead atoms. The number of nitrogens with zero attached hydrogens (tertiary/aromatic N) is 1. The molecule has 21 heavy (non-hydrogen) atoms. The Morgan fingerprint density at radius 2 is 1.95 bits per heavy atom. The number of anilines is 1. The zero-order valence-corrected chi connectivity index (χ0v) is 13.2. The maximum atomic E-state index is 6.38. The summed E-state index contributed by atoms with van der Waals surface area (Å²) >= 11 is 6.38. The molecule has 2 N–H and O–H groups in total. The average Bonchev–Trinajstić information content (AvgIpc) is 2.47. The highest BCUT2D eigenvalue weighted by Crippen LogP contribution is 2.27. The number of hydrogen-bond acceptors (Lipinski definition) is 3. The summed E-state index contributed by atoms with van der Waals surface area (Å²) in [7, 11) is 3.71. The summed E-state index contributed by atoms with van der Waals surface area (Å²) < 4.78 is 5.25. The second-order valence-corrected chi connectivity index (χ2v) is 5.44. The molecule has 0 saturated heterocycles. The highest BCUT2D eigenvalue weighted by atomic mass is 35.5. The summed E-state index contributed by atoms with van der Waals surface area (Å²) in [5, 5.41) is 0.756. The number of methoxy groups -OCH3 is 1. The molecule has 2 aromatic carbocycles. The van der Waals surface area contributed by atoms with Gasteiger partial charge in [-0.2, -0.15) is 0 Å². The standard InChI is InChI=1S/C17H21ClN2O/c1-20(12-14-4-3-5-15(10-14)21-2)17-7-6-13(8-9-19)11-16(17)18/h3-7,10-11H,8-9,12,19H2,1-2H3. The molecule has 2 aromatic rings. The van der Waals surface area contributed by atoms with E-state index in [1.165, 1.54) is 11.1 Å². The van der Waals surface area contributed by atoms with Gasteiger partial charge in [-0.15, -0.1) is 0 Å². The fourth-order valence-electron chi connectivity index (χ4n) is 2.31. The van der Waals surface area contributed by atoms with E-state index in [1.54, 1.807) is 7.11 Å². The van der Waals surface area contributed by atoms with E-state index in [1.807, 2.05) is 37.4 Å². The first-order valence-corrected chi connectivity index (χ1v) is 7.34. The lowest BCUT2D eigenvalue weighted by Gasteiger charge is -2.21. The normalized spacial score (nSPS) is 10.5. The van der Waals surface area contributed by atoms with Gasteiger partial charge in [0.1, 0.15) is 5.75 Å². The van der Waals surface area contributed by atoms with Gasteiger partial charge in [0.2, 0.25) is 0 Å². The topological polar surface area (TPSA) is 38.5 Å². The molecular weight excluding hydrogens is 284 g/mol. The molecule has 0 amide bonds. The van der Waals surface area contributed by atoms with Crippen molar-refractivity contribution in [1.82, 2.24) is 0 Å². The van der Waals surface area contributed by atoms with E-state index in [4.69, 9.17) is 22.1 Å². The second-order valence-electron chi connectivity index (χ2n) is 5.03. The minimum absolute atomic E-state index is 0.634. The molecule has 0 fully saturated rings. The summed E-state index contributed by atoms with van der Waals surface area (Å²) in [6.07, 6.45) is 0.847. The van der Waals surface area contributed by atoms with Gasteiger partial charge in [-0.05, 0) is 48.4 Å². The Morgan fingerprint density at radius 3 is 2.62 bits per heavy atom. The fourth-order valence-corrected chi connectivity index (χ4v) is 2.66. The van der Waals surface area contributed by atoms with Gasteiger partial charge in [0.25, 0.3) is 0 Å². The lowest BCUT2D eigenvalue weighted by Crippen LogP contribution is -2.17. The van der Waals surface area contributed by atoms with E-state index in [-0.39, 0.29) is 0 Å². The molecule has 0 saturated carbocycles. The number of ether oxygens (including phenoxy) is 1. The predicted octanol–water partition coefficient (Wildman–Crippen LogP) is 3.49. The van der Waals surface area contributed by atoms with Gasteiger partial charge in [-0.25, -0.2) is 0 Å². The lowest BCUT2D eigenvalue weighted by molar-refractivity contribution is 0.414. The van der Waals surface area contributed by atoms with Crippen LogP contribution in [-0.2, 0) is 13.0 Å². The van der Waals surface area contributed by atoms with Gasteiger partial charge in [0.15, 0.2) is 0 Å². The molecule has 2 rings (SSSR count). The molecule has 4 heteroatoms. The Kier molecular flexibility index (Phi) is 5.48. The highest BCUT2D eigenvalue weighted by molar-refractivity contribution is 6.33. The Hall–Kier alpha value is -1.71. The van der Waals surface area contributed by atoms with Crippen LogP contribution in [0.5, 0.6) is 5.75 Å². The smallest absolute Gasteiger partial charge is 0.119 e. The molecule has 0 heterocycles. The highest BCUT2D eigenvalue weighted by Gasteiger charge is 2.08. The third-order valence-corrected chi connectivity index (χ3v) is 3.71. The predicted molar refractivity (Wildman–Crippen MR) is 89.3 cm³/mol. The van der Waals surface area contributed by atoms with Crippen LogP contribution in [0.3, 0.4) is 0 Å². The average molecular weight is 305 g/mol. The Bertz CT molecular complexity index is 601. The maximum Gasteiger partial charge on any atom is 0.119 e. The first-order valence-electron chi connectivity index (χ1n) is 6.96. The minimum atomic E-state index is 0.634. The van der Waals surface area contributed by atoms with Crippen molar-refractivity contribution >= 4 is 17.3 Å². The van der Waals surface area contributed by atoms with E-state index in [9.17, 15) is 0 Å². The van der Waals surface area contributed by atoms with Crippen molar-refractivity contribution in [2.45, 2.75) is 13.0 Å². The van der Waals surface area contributed by atoms with E-state index in [0.717, 1.165) is 29.4 Å². The Balaban J connectivity index is 2.14. The fraction of sp³-hybridized carbons (Fsp3) is 0.294. The van der Waals surface area contributed by atoms with Crippen molar-refractivity contribution in [3.05, 3.63) is 58.6 Å². The van der Waals surface area contributed by atoms with Crippen molar-refractivity contribution < 1.29 is 4.74 Å². The van der Waals surface area contributed by atoms with E-state index in [0.29, 0.717) is 6.54 Å². The minimum Gasteiger partial charge on any atom is -0.497 e. The van der Waals surface area contributed by atoms with Crippen LogP contribution in [0.15, 0.2) is 42.5 Å². The van der Waals surface area contributed by atoms with Crippen LogP contribution >= 0.6 is 11.6 Å². The molecule has 3 nitrogen and oxygen atoms in total. The van der Waals surface area contributed by atoms with Gasteiger partial charge < -0.3 is 15.4 Å². The van der Waals surface area contributed by atoms with Crippen LogP contribution in [-0.4, -0.2) is 20.7 Å². The molecule has 0 aliphatic heterocycles. The van der Waals surface area contributed by atoms with E-state index < -0.39 is 0 Å². The number of hydrogen-bond donors (Lipinski definition) is 1. The van der Waals surface area contributed by atoms with Crippen LogP contribution in [0.4, 0.5) is 5.69 Å². The van der Waals surface area contributed by atoms with Crippen LogP contribution in [0.25, 0.3) is 0 Å². The SMILES string of the molecule is COc1cccc(CN(C)c2ccc(CCN)cc2Cl)c1. The van der Waals surface area contributed by atoms with Gasteiger partial charge in [0, 0.05) is 13.6 Å². The van der Waals surface area contributed by atoms with Gasteiger partial charge in [-0.3, -0.25) is 0 Å². The van der Waals surface area contributed by atoms with Gasteiger partial charge in [-0.1, -0.05) is 29.8 Å². The van der Waals surface area contributed by atoms with E-state index in [2.05, 4.69) is 17.0 Å². The Morgan fingerprint density at radius 1 is 1.14 bits per heavy atom. The third-order valence-electron chi connectivity index (χ3n) is 3.41. The summed E-state index contributed by atoms with van der Waals surface area (Å²) in [6, 6.07) is 14.2.